The fourth-order valence-corrected chi connectivity index (χ4v) is 7.12. The summed E-state index contributed by atoms with van der Waals surface area (Å²) in [4.78, 5) is 43.8. The van der Waals surface area contributed by atoms with Gasteiger partial charge in [-0.25, -0.2) is 0 Å². The molecule has 188 valence electrons. The Labute approximate surface area is 218 Å². The maximum Gasteiger partial charge on any atom is 0.246 e. The van der Waals surface area contributed by atoms with Crippen LogP contribution in [0.4, 0.5) is 5.69 Å². The molecule has 2 aromatic rings. The Hall–Kier alpha value is -2.68. The molecular weight excluding hydrogens is 498 g/mol. The van der Waals surface area contributed by atoms with Crippen molar-refractivity contribution in [3.8, 4) is 0 Å². The number of carbonyl (C=O) groups is 3. The zero-order valence-corrected chi connectivity index (χ0v) is 21.3. The summed E-state index contributed by atoms with van der Waals surface area (Å²) < 4.78 is 6.40. The first kappa shape index (κ1) is 23.7. The van der Waals surface area contributed by atoms with Gasteiger partial charge in [-0.2, -0.15) is 0 Å². The highest BCUT2D eigenvalue weighted by molar-refractivity contribution is 7.09. The predicted molar refractivity (Wildman–Crippen MR) is 137 cm³/mol. The summed E-state index contributed by atoms with van der Waals surface area (Å²) in [6, 6.07) is 10.0. The van der Waals surface area contributed by atoms with Crippen LogP contribution in [-0.2, 0) is 25.7 Å². The fraction of sp³-hybridized carbons (Fsp3) is 0.444. The number of fused-ring (bicyclic) bond motifs is 1. The first-order valence-electron chi connectivity index (χ1n) is 12.5. The first-order chi connectivity index (χ1) is 17.5. The number of carbonyl (C=O) groups excluding carboxylic acids is 3. The molecule has 0 radical (unpaired) electrons. The Morgan fingerprint density at radius 3 is 2.61 bits per heavy atom. The molecule has 1 aromatic carbocycles. The van der Waals surface area contributed by atoms with Gasteiger partial charge in [0.25, 0.3) is 0 Å². The lowest BCUT2D eigenvalue weighted by Gasteiger charge is -2.34. The third kappa shape index (κ3) is 3.96. The van der Waals surface area contributed by atoms with E-state index in [1.807, 2.05) is 29.7 Å². The number of thiophene rings is 1. The summed E-state index contributed by atoms with van der Waals surface area (Å²) in [5.74, 6) is -2.19. The molecule has 4 aliphatic rings. The van der Waals surface area contributed by atoms with Crippen LogP contribution in [0, 0.1) is 11.8 Å². The Morgan fingerprint density at radius 2 is 1.89 bits per heavy atom. The average molecular weight is 526 g/mol. The highest BCUT2D eigenvalue weighted by Gasteiger charge is 2.72. The van der Waals surface area contributed by atoms with E-state index in [0.29, 0.717) is 17.3 Å². The minimum Gasteiger partial charge on any atom is -0.359 e. The van der Waals surface area contributed by atoms with Crippen LogP contribution in [0.2, 0.25) is 5.02 Å². The molecule has 7 nitrogen and oxygen atoms in total. The molecule has 0 unspecified atom stereocenters. The van der Waals surface area contributed by atoms with Crippen LogP contribution in [-0.4, -0.2) is 46.4 Å². The Morgan fingerprint density at radius 1 is 1.11 bits per heavy atom. The summed E-state index contributed by atoms with van der Waals surface area (Å²) >= 11 is 7.52. The molecule has 1 aromatic heterocycles. The lowest BCUT2D eigenvalue weighted by atomic mass is 9.74. The van der Waals surface area contributed by atoms with Crippen LogP contribution in [0.25, 0.3) is 0 Å². The molecule has 2 saturated heterocycles. The second-order valence-electron chi connectivity index (χ2n) is 10.1. The van der Waals surface area contributed by atoms with Crippen molar-refractivity contribution >= 4 is 46.3 Å². The van der Waals surface area contributed by atoms with Gasteiger partial charge in [-0.15, -0.1) is 11.3 Å². The number of amides is 3. The van der Waals surface area contributed by atoms with Crippen molar-refractivity contribution < 1.29 is 19.1 Å². The van der Waals surface area contributed by atoms with E-state index in [4.69, 9.17) is 16.3 Å². The number of ether oxygens (including phenoxy) is 1. The molecular formula is C27H28ClN3O4S. The lowest BCUT2D eigenvalue weighted by molar-refractivity contribution is -0.142. The third-order valence-corrected chi connectivity index (χ3v) is 9.01. The smallest absolute Gasteiger partial charge is 0.246 e. The maximum absolute atomic E-state index is 14.0. The molecule has 2 bridgehead atoms. The topological polar surface area (TPSA) is 87.7 Å². The zero-order valence-electron chi connectivity index (χ0n) is 19.7. The summed E-state index contributed by atoms with van der Waals surface area (Å²) in [6.07, 6.45) is 8.39. The summed E-state index contributed by atoms with van der Waals surface area (Å²) in [5.41, 5.74) is -0.558. The predicted octanol–water partition coefficient (Wildman–Crippen LogP) is 4.14. The lowest BCUT2D eigenvalue weighted by Crippen LogP contribution is -2.56. The molecule has 36 heavy (non-hydrogen) atoms. The van der Waals surface area contributed by atoms with Gasteiger partial charge in [0, 0.05) is 21.6 Å². The SMILES string of the molecule is O=C(Nc1ccc(Cl)cc1)[C@@H]1[C@H]2C=C[C@@]3(O2)[C@H]1C(=O)N(Cc1cccs1)[C@@H]3C(=O)NC1CCCCC1. The molecule has 3 amide bonds. The first-order valence-corrected chi connectivity index (χ1v) is 13.8. The standard InChI is InChI=1S/C27H28ClN3O4S/c28-16-8-10-18(11-9-16)29-24(32)21-20-12-13-27(35-20)22(21)26(34)31(15-19-7-4-14-36-19)23(27)25(33)30-17-5-2-1-3-6-17/h4,7-14,17,20-23H,1-3,5-6,15H2,(H,29,32)(H,30,33)/t20-,21-,22-,23-,27-/m1/s1. The van der Waals surface area contributed by atoms with Gasteiger partial charge in [-0.05, 0) is 48.6 Å². The Bertz CT molecular complexity index is 1190. The largest absolute Gasteiger partial charge is 0.359 e. The van der Waals surface area contributed by atoms with Crippen LogP contribution in [0.1, 0.15) is 37.0 Å². The van der Waals surface area contributed by atoms with Crippen LogP contribution >= 0.6 is 22.9 Å². The molecule has 9 heteroatoms. The van der Waals surface area contributed by atoms with Crippen molar-refractivity contribution in [2.45, 2.75) is 62.4 Å². The van der Waals surface area contributed by atoms with Crippen LogP contribution < -0.4 is 10.6 Å². The van der Waals surface area contributed by atoms with Gasteiger partial charge < -0.3 is 20.3 Å². The number of benzene rings is 1. The van der Waals surface area contributed by atoms with E-state index in [1.165, 1.54) is 6.42 Å². The number of halogens is 1. The zero-order chi connectivity index (χ0) is 24.9. The molecule has 1 aliphatic carbocycles. The minimum atomic E-state index is -1.15. The number of likely N-dealkylation sites (tertiary alicyclic amines) is 1. The van der Waals surface area contributed by atoms with Gasteiger partial charge >= 0.3 is 0 Å². The van der Waals surface area contributed by atoms with Gasteiger partial charge in [0.05, 0.1) is 24.5 Å². The minimum absolute atomic E-state index is 0.104. The van der Waals surface area contributed by atoms with E-state index in [1.54, 1.807) is 40.5 Å². The highest BCUT2D eigenvalue weighted by atomic mass is 35.5. The highest BCUT2D eigenvalue weighted by Crippen LogP contribution is 2.55. The van der Waals surface area contributed by atoms with Crippen LogP contribution in [0.3, 0.4) is 0 Å². The Balaban J connectivity index is 1.31. The van der Waals surface area contributed by atoms with Crippen molar-refractivity contribution in [1.29, 1.82) is 0 Å². The number of hydrogen-bond donors (Lipinski definition) is 2. The molecule has 6 rings (SSSR count). The van der Waals surface area contributed by atoms with E-state index in [2.05, 4.69) is 10.6 Å². The molecule has 4 heterocycles. The van der Waals surface area contributed by atoms with Gasteiger partial charge in [0.15, 0.2) is 0 Å². The molecule has 1 saturated carbocycles. The summed E-state index contributed by atoms with van der Waals surface area (Å²) in [6.45, 7) is 0.310. The van der Waals surface area contributed by atoms with Crippen LogP contribution in [0.5, 0.6) is 0 Å². The fourth-order valence-electron chi connectivity index (χ4n) is 6.29. The number of anilines is 1. The molecule has 3 aliphatic heterocycles. The van der Waals surface area contributed by atoms with Crippen molar-refractivity contribution in [3.63, 3.8) is 0 Å². The van der Waals surface area contributed by atoms with Crippen molar-refractivity contribution in [2.24, 2.45) is 11.8 Å². The Kier molecular flexibility index (Phi) is 6.14. The van der Waals surface area contributed by atoms with Gasteiger partial charge in [-0.3, -0.25) is 14.4 Å². The normalized spacial score (nSPS) is 31.0. The van der Waals surface area contributed by atoms with E-state index >= 15 is 0 Å². The number of rotatable bonds is 6. The van der Waals surface area contributed by atoms with Crippen molar-refractivity contribution in [3.05, 3.63) is 63.8 Å². The second-order valence-corrected chi connectivity index (χ2v) is 11.6. The number of nitrogens with zero attached hydrogens (tertiary/aromatic N) is 1. The monoisotopic (exact) mass is 525 g/mol. The number of nitrogens with one attached hydrogen (secondary N) is 2. The molecule has 1 spiro atoms. The van der Waals surface area contributed by atoms with Gasteiger partial charge in [0.1, 0.15) is 11.6 Å². The second kappa shape index (κ2) is 9.32. The van der Waals surface area contributed by atoms with Gasteiger partial charge in [0.2, 0.25) is 17.7 Å². The molecule has 3 fully saturated rings. The van der Waals surface area contributed by atoms with E-state index in [0.717, 1.165) is 30.6 Å². The van der Waals surface area contributed by atoms with E-state index in [-0.39, 0.29) is 23.8 Å². The summed E-state index contributed by atoms with van der Waals surface area (Å²) in [5, 5.41) is 8.65. The summed E-state index contributed by atoms with van der Waals surface area (Å²) in [7, 11) is 0. The van der Waals surface area contributed by atoms with Crippen molar-refractivity contribution in [2.75, 3.05) is 5.32 Å². The number of hydrogen-bond acceptors (Lipinski definition) is 5. The molecule has 5 atom stereocenters. The average Bonchev–Trinajstić information content (AvgIpc) is 3.64. The quantitative estimate of drug-likeness (QED) is 0.555. The maximum atomic E-state index is 14.0. The molecule has 2 N–H and O–H groups in total. The van der Waals surface area contributed by atoms with E-state index in [9.17, 15) is 14.4 Å². The van der Waals surface area contributed by atoms with Gasteiger partial charge in [-0.1, -0.05) is 49.1 Å². The van der Waals surface area contributed by atoms with Crippen molar-refractivity contribution in [1.82, 2.24) is 10.2 Å². The van der Waals surface area contributed by atoms with E-state index < -0.39 is 29.6 Å². The van der Waals surface area contributed by atoms with Crippen LogP contribution in [0.15, 0.2) is 53.9 Å². The third-order valence-electron chi connectivity index (χ3n) is 7.89.